The number of nitrogens with one attached hydrogen (secondary N) is 2. The van der Waals surface area contributed by atoms with E-state index >= 15 is 0 Å². The molecule has 2 aromatic carbocycles. The van der Waals surface area contributed by atoms with Crippen molar-refractivity contribution in [2.45, 2.75) is 13.3 Å². The molecule has 0 spiro atoms. The predicted molar refractivity (Wildman–Crippen MR) is 110 cm³/mol. The second-order valence-corrected chi connectivity index (χ2v) is 6.54. The molecular weight excluding hydrogens is 387 g/mol. The number of methoxy groups -OCH3 is 1. The van der Waals surface area contributed by atoms with Crippen molar-refractivity contribution in [3.63, 3.8) is 0 Å². The molecule has 2 N–H and O–H groups in total. The Morgan fingerprint density at radius 1 is 1.03 bits per heavy atom. The summed E-state index contributed by atoms with van der Waals surface area (Å²) in [5.74, 6) is -1.01. The summed E-state index contributed by atoms with van der Waals surface area (Å²) >= 11 is 0. The van der Waals surface area contributed by atoms with Gasteiger partial charge in [-0.3, -0.25) is 9.59 Å². The third-order valence-electron chi connectivity index (χ3n) is 4.46. The molecule has 0 bridgehead atoms. The molecule has 0 fully saturated rings. The molecule has 30 heavy (non-hydrogen) atoms. The van der Waals surface area contributed by atoms with Gasteiger partial charge in [0.1, 0.15) is 5.82 Å². The van der Waals surface area contributed by atoms with Crippen molar-refractivity contribution in [1.82, 2.24) is 15.3 Å². The maximum Gasteiger partial charge on any atom is 0.316 e. The number of benzene rings is 2. The first-order valence-electron chi connectivity index (χ1n) is 9.27. The number of nitrogens with zero attached hydrogens (tertiary/aromatic N) is 2. The molecule has 0 aliphatic rings. The molecule has 1 heterocycles. The number of carbonyl (C=O) groups is 2. The number of hydrogen-bond acceptors (Lipinski definition) is 5. The molecule has 0 saturated heterocycles. The van der Waals surface area contributed by atoms with E-state index in [-0.39, 0.29) is 23.3 Å². The number of amides is 2. The van der Waals surface area contributed by atoms with Gasteiger partial charge in [-0.2, -0.15) is 0 Å². The largest absolute Gasteiger partial charge is 0.467 e. The monoisotopic (exact) mass is 408 g/mol. The Kier molecular flexibility index (Phi) is 6.69. The van der Waals surface area contributed by atoms with Gasteiger partial charge in [0, 0.05) is 30.2 Å². The zero-order valence-electron chi connectivity index (χ0n) is 16.6. The number of rotatable bonds is 7. The quantitative estimate of drug-likeness (QED) is 0.626. The van der Waals surface area contributed by atoms with Gasteiger partial charge in [-0.1, -0.05) is 24.3 Å². The SMILES string of the molecule is COc1ncc(C(=O)Nc2cc(C(=O)NCCc3ccccc3F)ccc2C)cn1. The van der Waals surface area contributed by atoms with Crippen LogP contribution in [0.25, 0.3) is 0 Å². The Labute approximate surface area is 173 Å². The molecular formula is C22H21FN4O3. The fourth-order valence-corrected chi connectivity index (χ4v) is 2.75. The molecule has 0 aliphatic carbocycles. The highest BCUT2D eigenvalue weighted by Gasteiger charge is 2.13. The molecule has 154 valence electrons. The molecule has 0 aliphatic heterocycles. The van der Waals surface area contributed by atoms with Crippen LogP contribution in [0.5, 0.6) is 6.01 Å². The van der Waals surface area contributed by atoms with Crippen LogP contribution in [-0.4, -0.2) is 35.4 Å². The van der Waals surface area contributed by atoms with E-state index in [1.54, 1.807) is 36.4 Å². The standard InChI is InChI=1S/C22H21FN4O3/c1-14-7-8-16(20(28)24-10-9-15-5-3-4-6-18(15)23)11-19(14)27-21(29)17-12-25-22(30-2)26-13-17/h3-8,11-13H,9-10H2,1-2H3,(H,24,28)(H,27,29). The molecule has 0 atom stereocenters. The van der Waals surface area contributed by atoms with Gasteiger partial charge in [-0.15, -0.1) is 0 Å². The maximum absolute atomic E-state index is 13.7. The summed E-state index contributed by atoms with van der Waals surface area (Å²) in [4.78, 5) is 32.7. The summed E-state index contributed by atoms with van der Waals surface area (Å²) in [6, 6.07) is 11.6. The van der Waals surface area contributed by atoms with E-state index in [9.17, 15) is 14.0 Å². The first-order valence-corrected chi connectivity index (χ1v) is 9.27. The van der Waals surface area contributed by atoms with E-state index in [0.29, 0.717) is 29.8 Å². The van der Waals surface area contributed by atoms with Gasteiger partial charge in [-0.25, -0.2) is 14.4 Å². The Bertz CT molecular complexity index is 1050. The van der Waals surface area contributed by atoms with Crippen molar-refractivity contribution >= 4 is 17.5 Å². The molecule has 0 radical (unpaired) electrons. The normalized spacial score (nSPS) is 10.4. The second-order valence-electron chi connectivity index (χ2n) is 6.54. The highest BCUT2D eigenvalue weighted by atomic mass is 19.1. The molecule has 0 unspecified atom stereocenters. The van der Waals surface area contributed by atoms with Crippen molar-refractivity contribution in [1.29, 1.82) is 0 Å². The summed E-state index contributed by atoms with van der Waals surface area (Å²) < 4.78 is 18.5. The third-order valence-corrected chi connectivity index (χ3v) is 4.46. The molecule has 0 saturated carbocycles. The van der Waals surface area contributed by atoms with Gasteiger partial charge in [0.2, 0.25) is 0 Å². The van der Waals surface area contributed by atoms with Gasteiger partial charge in [0.15, 0.2) is 0 Å². The summed E-state index contributed by atoms with van der Waals surface area (Å²) in [5.41, 5.74) is 2.47. The van der Waals surface area contributed by atoms with Crippen LogP contribution in [0.1, 0.15) is 31.8 Å². The molecule has 2 amide bonds. The highest BCUT2D eigenvalue weighted by Crippen LogP contribution is 2.18. The van der Waals surface area contributed by atoms with Crippen molar-refractivity contribution in [3.8, 4) is 6.01 Å². The molecule has 7 nitrogen and oxygen atoms in total. The number of hydrogen-bond donors (Lipinski definition) is 2. The van der Waals surface area contributed by atoms with Crippen LogP contribution in [0.4, 0.5) is 10.1 Å². The summed E-state index contributed by atoms with van der Waals surface area (Å²) in [7, 11) is 1.44. The predicted octanol–water partition coefficient (Wildman–Crippen LogP) is 3.16. The maximum atomic E-state index is 13.7. The van der Waals surface area contributed by atoms with Crippen molar-refractivity contribution in [2.75, 3.05) is 19.0 Å². The number of aryl methyl sites for hydroxylation is 1. The van der Waals surface area contributed by atoms with Gasteiger partial charge in [0.05, 0.1) is 12.7 Å². The van der Waals surface area contributed by atoms with Crippen LogP contribution in [0, 0.1) is 12.7 Å². The number of ether oxygens (including phenoxy) is 1. The minimum absolute atomic E-state index is 0.164. The molecule has 3 aromatic rings. The highest BCUT2D eigenvalue weighted by molar-refractivity contribution is 6.05. The lowest BCUT2D eigenvalue weighted by Crippen LogP contribution is -2.26. The van der Waals surface area contributed by atoms with Crippen LogP contribution < -0.4 is 15.4 Å². The average molecular weight is 408 g/mol. The summed E-state index contributed by atoms with van der Waals surface area (Å²) in [6.07, 6.45) is 3.09. The fraction of sp³-hybridized carbons (Fsp3) is 0.182. The van der Waals surface area contributed by atoms with E-state index in [0.717, 1.165) is 5.56 Å². The number of carbonyl (C=O) groups excluding carboxylic acids is 2. The van der Waals surface area contributed by atoms with Gasteiger partial charge >= 0.3 is 6.01 Å². The first kappa shape index (κ1) is 20.9. The zero-order valence-corrected chi connectivity index (χ0v) is 16.6. The van der Waals surface area contributed by atoms with E-state index < -0.39 is 5.91 Å². The lowest BCUT2D eigenvalue weighted by molar-refractivity contribution is 0.0952. The van der Waals surface area contributed by atoms with Crippen molar-refractivity contribution < 1.29 is 18.7 Å². The fourth-order valence-electron chi connectivity index (χ4n) is 2.75. The second kappa shape index (κ2) is 9.60. The lowest BCUT2D eigenvalue weighted by atomic mass is 10.1. The van der Waals surface area contributed by atoms with E-state index in [1.807, 2.05) is 6.92 Å². The van der Waals surface area contributed by atoms with Crippen LogP contribution in [0.15, 0.2) is 54.9 Å². The van der Waals surface area contributed by atoms with Gasteiger partial charge < -0.3 is 15.4 Å². The van der Waals surface area contributed by atoms with Crippen LogP contribution in [0.3, 0.4) is 0 Å². The zero-order chi connectivity index (χ0) is 21.5. The summed E-state index contributed by atoms with van der Waals surface area (Å²) in [6.45, 7) is 2.11. The average Bonchev–Trinajstić information content (AvgIpc) is 2.76. The Morgan fingerprint density at radius 2 is 1.77 bits per heavy atom. The number of aromatic nitrogens is 2. The topological polar surface area (TPSA) is 93.2 Å². The van der Waals surface area contributed by atoms with E-state index in [2.05, 4.69) is 20.6 Å². The lowest BCUT2D eigenvalue weighted by Gasteiger charge is -2.11. The van der Waals surface area contributed by atoms with Crippen LogP contribution >= 0.6 is 0 Å². The molecule has 1 aromatic heterocycles. The third kappa shape index (κ3) is 5.16. The van der Waals surface area contributed by atoms with Crippen LogP contribution in [-0.2, 0) is 6.42 Å². The molecule has 3 rings (SSSR count). The smallest absolute Gasteiger partial charge is 0.316 e. The van der Waals surface area contributed by atoms with Crippen molar-refractivity contribution in [3.05, 3.63) is 82.9 Å². The Balaban J connectivity index is 1.64. The minimum atomic E-state index is -0.405. The number of anilines is 1. The Morgan fingerprint density at radius 3 is 2.47 bits per heavy atom. The first-order chi connectivity index (χ1) is 14.5. The van der Waals surface area contributed by atoms with Gasteiger partial charge in [0.25, 0.3) is 11.8 Å². The van der Waals surface area contributed by atoms with E-state index in [1.165, 1.54) is 25.6 Å². The minimum Gasteiger partial charge on any atom is -0.467 e. The molecule has 8 heteroatoms. The van der Waals surface area contributed by atoms with Crippen LogP contribution in [0.2, 0.25) is 0 Å². The number of halogens is 1. The summed E-state index contributed by atoms with van der Waals surface area (Å²) in [5, 5.41) is 5.53. The van der Waals surface area contributed by atoms with Crippen molar-refractivity contribution in [2.24, 2.45) is 0 Å². The van der Waals surface area contributed by atoms with E-state index in [4.69, 9.17) is 4.74 Å². The Hall–Kier alpha value is -3.81. The van der Waals surface area contributed by atoms with Gasteiger partial charge in [-0.05, 0) is 42.7 Å².